The van der Waals surface area contributed by atoms with Gasteiger partial charge in [-0.05, 0) is 24.3 Å². The molecule has 3 N–H and O–H groups in total. The Hall–Kier alpha value is -3.04. The number of fused-ring (bicyclic) bond motifs is 1. The van der Waals surface area contributed by atoms with E-state index >= 15 is 0 Å². The van der Waals surface area contributed by atoms with Gasteiger partial charge < -0.3 is 20.6 Å². The zero-order chi connectivity index (χ0) is 20.5. The van der Waals surface area contributed by atoms with E-state index in [2.05, 4.69) is 20.6 Å². The monoisotopic (exact) mass is 396 g/mol. The van der Waals surface area contributed by atoms with Crippen LogP contribution in [-0.2, 0) is 9.59 Å². The molecule has 0 spiro atoms. The van der Waals surface area contributed by atoms with Crippen molar-refractivity contribution < 1.29 is 14.7 Å². The number of piperazine rings is 1. The second-order valence-corrected chi connectivity index (χ2v) is 7.32. The smallest absolute Gasteiger partial charge is 0.240 e. The van der Waals surface area contributed by atoms with Crippen LogP contribution < -0.4 is 20.4 Å². The molecule has 0 aliphatic carbocycles. The lowest BCUT2D eigenvalue weighted by atomic mass is 9.86. The Morgan fingerprint density at radius 1 is 1.31 bits per heavy atom. The molecule has 9 nitrogen and oxygen atoms in total. The van der Waals surface area contributed by atoms with Crippen LogP contribution >= 0.6 is 0 Å². The van der Waals surface area contributed by atoms with Crippen LogP contribution in [0.15, 0.2) is 36.7 Å². The first kappa shape index (κ1) is 19.3. The highest BCUT2D eigenvalue weighted by atomic mass is 16.3. The molecule has 29 heavy (non-hydrogen) atoms. The molecule has 1 fully saturated rings. The predicted molar refractivity (Wildman–Crippen MR) is 108 cm³/mol. The van der Waals surface area contributed by atoms with Gasteiger partial charge in [-0.3, -0.25) is 14.5 Å². The van der Waals surface area contributed by atoms with E-state index in [-0.39, 0.29) is 23.8 Å². The lowest BCUT2D eigenvalue weighted by Crippen LogP contribution is -2.50. The summed E-state index contributed by atoms with van der Waals surface area (Å²) in [4.78, 5) is 36.2. The third kappa shape index (κ3) is 3.54. The Morgan fingerprint density at radius 2 is 2.07 bits per heavy atom. The summed E-state index contributed by atoms with van der Waals surface area (Å²) < 4.78 is 0. The minimum atomic E-state index is -0.993. The number of nitrogens with zero attached hydrogens (tertiary/aromatic N) is 4. The van der Waals surface area contributed by atoms with Crippen molar-refractivity contribution in [2.45, 2.75) is 26.1 Å². The van der Waals surface area contributed by atoms with Gasteiger partial charge in [0.15, 0.2) is 0 Å². The van der Waals surface area contributed by atoms with Gasteiger partial charge in [-0.1, -0.05) is 6.92 Å². The standard InChI is InChI=1S/C20H24N6O3/c1-12-18(24-20-22-6-3-7-23-20)15-10-14(25-9-8-21-11-17(25)28)4-5-16(15)26(13(2)27)19(12)29/h3-7,10,12,18-19,21,29H,8-9,11H2,1-2H3,(H,22,23,24)/t12-,18-,19+/m1/s1. The fourth-order valence-electron chi connectivity index (χ4n) is 3.97. The zero-order valence-corrected chi connectivity index (χ0v) is 16.4. The molecular weight excluding hydrogens is 372 g/mol. The van der Waals surface area contributed by atoms with Crippen LogP contribution in [0.25, 0.3) is 0 Å². The van der Waals surface area contributed by atoms with Crippen LogP contribution in [0.1, 0.15) is 25.5 Å². The molecule has 9 heteroatoms. The Labute approximate surface area is 168 Å². The van der Waals surface area contributed by atoms with E-state index < -0.39 is 6.23 Å². The minimum Gasteiger partial charge on any atom is -0.373 e. The number of aliphatic hydroxyl groups excluding tert-OH is 1. The molecule has 3 atom stereocenters. The van der Waals surface area contributed by atoms with Crippen LogP contribution in [0.5, 0.6) is 0 Å². The summed E-state index contributed by atoms with van der Waals surface area (Å²) in [5.41, 5.74) is 2.19. The molecule has 0 saturated carbocycles. The molecule has 2 amide bonds. The van der Waals surface area contributed by atoms with E-state index in [0.29, 0.717) is 24.7 Å². The van der Waals surface area contributed by atoms with Crippen molar-refractivity contribution in [1.82, 2.24) is 15.3 Å². The van der Waals surface area contributed by atoms with Crippen molar-refractivity contribution in [3.63, 3.8) is 0 Å². The summed E-state index contributed by atoms with van der Waals surface area (Å²) in [6, 6.07) is 6.91. The molecule has 0 unspecified atom stereocenters. The van der Waals surface area contributed by atoms with E-state index in [0.717, 1.165) is 17.8 Å². The summed E-state index contributed by atoms with van der Waals surface area (Å²) in [5, 5.41) is 17.2. The van der Waals surface area contributed by atoms with Crippen molar-refractivity contribution in [2.24, 2.45) is 5.92 Å². The average molecular weight is 396 g/mol. The molecule has 2 aromatic rings. The lowest BCUT2D eigenvalue weighted by Gasteiger charge is -2.43. The third-order valence-corrected chi connectivity index (χ3v) is 5.46. The number of carbonyl (C=O) groups excluding carboxylic acids is 2. The van der Waals surface area contributed by atoms with Gasteiger partial charge in [-0.2, -0.15) is 0 Å². The summed E-state index contributed by atoms with van der Waals surface area (Å²) in [5.74, 6) is -0.142. The van der Waals surface area contributed by atoms with Gasteiger partial charge in [0.25, 0.3) is 0 Å². The molecule has 152 valence electrons. The molecule has 2 aliphatic rings. The van der Waals surface area contributed by atoms with Crippen molar-refractivity contribution in [3.05, 3.63) is 42.2 Å². The number of carbonyl (C=O) groups is 2. The topological polar surface area (TPSA) is 111 Å². The molecule has 4 rings (SSSR count). The van der Waals surface area contributed by atoms with Crippen molar-refractivity contribution in [2.75, 3.05) is 34.8 Å². The van der Waals surface area contributed by atoms with Crippen LogP contribution in [0.4, 0.5) is 17.3 Å². The minimum absolute atomic E-state index is 0.000538. The number of rotatable bonds is 3. The third-order valence-electron chi connectivity index (χ3n) is 5.46. The number of hydrogen-bond acceptors (Lipinski definition) is 7. The van der Waals surface area contributed by atoms with E-state index in [9.17, 15) is 14.7 Å². The maximum absolute atomic E-state index is 12.3. The van der Waals surface area contributed by atoms with E-state index in [4.69, 9.17) is 0 Å². The van der Waals surface area contributed by atoms with Gasteiger partial charge in [-0.15, -0.1) is 0 Å². The van der Waals surface area contributed by atoms with Gasteiger partial charge in [0.2, 0.25) is 17.8 Å². The summed E-state index contributed by atoms with van der Waals surface area (Å²) >= 11 is 0. The highest BCUT2D eigenvalue weighted by Crippen LogP contribution is 2.43. The molecular formula is C20H24N6O3. The van der Waals surface area contributed by atoms with Gasteiger partial charge in [0.05, 0.1) is 18.3 Å². The maximum Gasteiger partial charge on any atom is 0.240 e. The van der Waals surface area contributed by atoms with Crippen LogP contribution in [-0.4, -0.2) is 52.8 Å². The summed E-state index contributed by atoms with van der Waals surface area (Å²) in [6.07, 6.45) is 2.28. The quantitative estimate of drug-likeness (QED) is 0.706. The van der Waals surface area contributed by atoms with Gasteiger partial charge in [0.1, 0.15) is 6.23 Å². The van der Waals surface area contributed by atoms with Gasteiger partial charge >= 0.3 is 0 Å². The van der Waals surface area contributed by atoms with Crippen LogP contribution in [0.2, 0.25) is 0 Å². The normalized spacial score (nSPS) is 24.2. The largest absolute Gasteiger partial charge is 0.373 e. The Balaban J connectivity index is 1.79. The number of aliphatic hydroxyl groups is 1. The van der Waals surface area contributed by atoms with Crippen molar-refractivity contribution in [1.29, 1.82) is 0 Å². The summed E-state index contributed by atoms with van der Waals surface area (Å²) in [6.45, 7) is 4.89. The highest BCUT2D eigenvalue weighted by molar-refractivity contribution is 5.97. The number of hydrogen-bond donors (Lipinski definition) is 3. The number of amides is 2. The molecule has 0 radical (unpaired) electrons. The zero-order valence-electron chi connectivity index (χ0n) is 16.4. The fourth-order valence-corrected chi connectivity index (χ4v) is 3.97. The first-order valence-corrected chi connectivity index (χ1v) is 9.64. The van der Waals surface area contributed by atoms with Crippen LogP contribution in [0, 0.1) is 5.92 Å². The summed E-state index contributed by atoms with van der Waals surface area (Å²) in [7, 11) is 0. The average Bonchev–Trinajstić information content (AvgIpc) is 2.72. The number of aromatic nitrogens is 2. The molecule has 1 aromatic heterocycles. The Bertz CT molecular complexity index is 922. The number of anilines is 3. The second kappa shape index (κ2) is 7.76. The fraction of sp³-hybridized carbons (Fsp3) is 0.400. The molecule has 2 aliphatic heterocycles. The number of nitrogens with one attached hydrogen (secondary N) is 2. The first-order valence-electron chi connectivity index (χ1n) is 9.64. The SMILES string of the molecule is CC(=O)N1c2ccc(N3CCNCC3=O)cc2[C@H](Nc2ncccn2)[C@@H](C)[C@@H]1O. The first-order chi connectivity index (χ1) is 14.0. The molecule has 1 aromatic carbocycles. The predicted octanol–water partition coefficient (Wildman–Crippen LogP) is 0.887. The second-order valence-electron chi connectivity index (χ2n) is 7.32. The van der Waals surface area contributed by atoms with E-state index in [1.807, 2.05) is 19.1 Å². The van der Waals surface area contributed by atoms with Gasteiger partial charge in [0, 0.05) is 49.6 Å². The van der Waals surface area contributed by atoms with Crippen molar-refractivity contribution in [3.8, 4) is 0 Å². The van der Waals surface area contributed by atoms with E-state index in [1.165, 1.54) is 11.8 Å². The highest BCUT2D eigenvalue weighted by Gasteiger charge is 2.40. The van der Waals surface area contributed by atoms with Crippen LogP contribution in [0.3, 0.4) is 0 Å². The maximum atomic E-state index is 12.3. The Kier molecular flexibility index (Phi) is 5.16. The number of benzene rings is 1. The van der Waals surface area contributed by atoms with Gasteiger partial charge in [-0.25, -0.2) is 9.97 Å². The van der Waals surface area contributed by atoms with E-state index in [1.54, 1.807) is 29.4 Å². The molecule has 0 bridgehead atoms. The molecule has 3 heterocycles. The van der Waals surface area contributed by atoms with Crippen molar-refractivity contribution >= 4 is 29.1 Å². The Morgan fingerprint density at radius 3 is 2.76 bits per heavy atom. The molecule has 1 saturated heterocycles. The lowest BCUT2D eigenvalue weighted by molar-refractivity contribution is -0.120.